The zero-order valence-corrected chi connectivity index (χ0v) is 16.7. The molecule has 1 heterocycles. The molecule has 0 bridgehead atoms. The molecule has 4 aromatic rings. The Morgan fingerprint density at radius 2 is 1.55 bits per heavy atom. The van der Waals surface area contributed by atoms with Crippen molar-refractivity contribution in [2.75, 3.05) is 6.26 Å². The lowest BCUT2D eigenvalue weighted by Gasteiger charge is -2.09. The maximum atomic E-state index is 11.8. The van der Waals surface area contributed by atoms with E-state index in [-0.39, 0.29) is 0 Å². The van der Waals surface area contributed by atoms with E-state index in [1.165, 1.54) is 6.26 Å². The molecule has 4 rings (SSSR count). The van der Waals surface area contributed by atoms with Gasteiger partial charge in [-0.25, -0.2) is 18.4 Å². The zero-order valence-electron chi connectivity index (χ0n) is 15.9. The first-order valence-corrected chi connectivity index (χ1v) is 10.8. The van der Waals surface area contributed by atoms with E-state index >= 15 is 0 Å². The molecule has 0 fully saturated rings. The van der Waals surface area contributed by atoms with Crippen LogP contribution in [-0.4, -0.2) is 24.6 Å². The van der Waals surface area contributed by atoms with Crippen LogP contribution in [0.15, 0.2) is 71.6 Å². The standard InChI is InChI=1S/C23H17N3O2S/c1-15-22(26-23-19(14-24)6-4-8-21(23)25-15)17-11-9-16(10-12-17)18-5-3-7-20(13-18)29(2,27)28/h3-13H,1-2H3. The predicted molar refractivity (Wildman–Crippen MR) is 113 cm³/mol. The van der Waals surface area contributed by atoms with E-state index in [0.29, 0.717) is 21.5 Å². The first-order valence-electron chi connectivity index (χ1n) is 8.95. The van der Waals surface area contributed by atoms with Crippen molar-refractivity contribution in [2.24, 2.45) is 0 Å². The first kappa shape index (κ1) is 18.8. The number of nitriles is 1. The van der Waals surface area contributed by atoms with Gasteiger partial charge in [-0.2, -0.15) is 5.26 Å². The molecular formula is C23H17N3O2S. The number of sulfone groups is 1. The summed E-state index contributed by atoms with van der Waals surface area (Å²) in [5.74, 6) is 0. The highest BCUT2D eigenvalue weighted by molar-refractivity contribution is 7.90. The lowest BCUT2D eigenvalue weighted by Crippen LogP contribution is -1.97. The quantitative estimate of drug-likeness (QED) is 0.505. The first-order chi connectivity index (χ1) is 13.9. The second-order valence-electron chi connectivity index (χ2n) is 6.82. The third-order valence-electron chi connectivity index (χ3n) is 4.74. The largest absolute Gasteiger partial charge is 0.249 e. The van der Waals surface area contributed by atoms with E-state index in [1.54, 1.807) is 30.3 Å². The highest BCUT2D eigenvalue weighted by Crippen LogP contribution is 2.28. The summed E-state index contributed by atoms with van der Waals surface area (Å²) < 4.78 is 23.6. The van der Waals surface area contributed by atoms with Gasteiger partial charge in [-0.15, -0.1) is 0 Å². The van der Waals surface area contributed by atoms with E-state index in [2.05, 4.69) is 11.1 Å². The predicted octanol–water partition coefficient (Wildman–Crippen LogP) is 4.55. The van der Waals surface area contributed by atoms with Crippen molar-refractivity contribution in [1.29, 1.82) is 5.26 Å². The van der Waals surface area contributed by atoms with Gasteiger partial charge in [-0.1, -0.05) is 42.5 Å². The lowest BCUT2D eigenvalue weighted by atomic mass is 10.0. The minimum absolute atomic E-state index is 0.291. The van der Waals surface area contributed by atoms with Crippen LogP contribution in [0, 0.1) is 18.3 Å². The second-order valence-corrected chi connectivity index (χ2v) is 8.84. The molecule has 0 spiro atoms. The highest BCUT2D eigenvalue weighted by Gasteiger charge is 2.12. The van der Waals surface area contributed by atoms with Gasteiger partial charge in [0.1, 0.15) is 11.6 Å². The summed E-state index contributed by atoms with van der Waals surface area (Å²) in [5.41, 5.74) is 5.88. The number of aryl methyl sites for hydroxylation is 1. The molecule has 0 saturated carbocycles. The molecule has 5 nitrogen and oxygen atoms in total. The number of nitrogens with zero attached hydrogens (tertiary/aromatic N) is 3. The lowest BCUT2D eigenvalue weighted by molar-refractivity contribution is 0.602. The molecule has 0 aliphatic rings. The van der Waals surface area contributed by atoms with Crippen molar-refractivity contribution in [3.05, 3.63) is 78.0 Å². The molecule has 0 saturated heterocycles. The number of hydrogen-bond donors (Lipinski definition) is 0. The molecule has 0 aliphatic heterocycles. The van der Waals surface area contributed by atoms with Crippen molar-refractivity contribution in [3.8, 4) is 28.5 Å². The Labute approximate surface area is 169 Å². The van der Waals surface area contributed by atoms with Gasteiger partial charge in [0.2, 0.25) is 0 Å². The fourth-order valence-corrected chi connectivity index (χ4v) is 3.92. The van der Waals surface area contributed by atoms with Crippen LogP contribution in [0.4, 0.5) is 0 Å². The maximum absolute atomic E-state index is 11.8. The Morgan fingerprint density at radius 3 is 2.24 bits per heavy atom. The van der Waals surface area contributed by atoms with Crippen LogP contribution in [-0.2, 0) is 9.84 Å². The monoisotopic (exact) mass is 399 g/mol. The Bertz CT molecular complexity index is 1390. The summed E-state index contributed by atoms with van der Waals surface area (Å²) in [6, 6.07) is 22.1. The molecule has 6 heteroatoms. The van der Waals surface area contributed by atoms with E-state index in [4.69, 9.17) is 4.98 Å². The highest BCUT2D eigenvalue weighted by atomic mass is 32.2. The summed E-state index contributed by atoms with van der Waals surface area (Å²) in [4.78, 5) is 9.59. The van der Waals surface area contributed by atoms with Crippen molar-refractivity contribution in [2.45, 2.75) is 11.8 Å². The molecule has 0 radical (unpaired) electrons. The molecular weight excluding hydrogens is 382 g/mol. The molecule has 29 heavy (non-hydrogen) atoms. The summed E-state index contributed by atoms with van der Waals surface area (Å²) in [5, 5.41) is 9.35. The summed E-state index contributed by atoms with van der Waals surface area (Å²) in [6.07, 6.45) is 1.20. The van der Waals surface area contributed by atoms with Gasteiger partial charge >= 0.3 is 0 Å². The van der Waals surface area contributed by atoms with Crippen LogP contribution in [0.2, 0.25) is 0 Å². The molecule has 0 amide bonds. The van der Waals surface area contributed by atoms with Gasteiger partial charge in [-0.3, -0.25) is 0 Å². The average molecular weight is 399 g/mol. The van der Waals surface area contributed by atoms with Crippen LogP contribution in [0.5, 0.6) is 0 Å². The number of hydrogen-bond acceptors (Lipinski definition) is 5. The molecule has 142 valence electrons. The zero-order chi connectivity index (χ0) is 20.6. The van der Waals surface area contributed by atoms with Crippen LogP contribution in [0.25, 0.3) is 33.4 Å². The van der Waals surface area contributed by atoms with E-state index in [0.717, 1.165) is 28.1 Å². The SMILES string of the molecule is Cc1nc2cccc(C#N)c2nc1-c1ccc(-c2cccc(S(C)(=O)=O)c2)cc1. The number of aromatic nitrogens is 2. The molecule has 0 N–H and O–H groups in total. The Morgan fingerprint density at radius 1 is 0.862 bits per heavy atom. The summed E-state index contributed by atoms with van der Waals surface area (Å²) in [6.45, 7) is 1.89. The van der Waals surface area contributed by atoms with Crippen molar-refractivity contribution in [1.82, 2.24) is 9.97 Å². The van der Waals surface area contributed by atoms with Crippen LogP contribution < -0.4 is 0 Å². The molecule has 1 aromatic heterocycles. The Kier molecular flexibility index (Phi) is 4.61. The van der Waals surface area contributed by atoms with Crippen molar-refractivity contribution < 1.29 is 8.42 Å². The van der Waals surface area contributed by atoms with Gasteiger partial charge in [0.25, 0.3) is 0 Å². The molecule has 0 atom stereocenters. The molecule has 0 aliphatic carbocycles. The van der Waals surface area contributed by atoms with Gasteiger partial charge < -0.3 is 0 Å². The van der Waals surface area contributed by atoms with Crippen molar-refractivity contribution >= 4 is 20.9 Å². The maximum Gasteiger partial charge on any atom is 0.175 e. The fourth-order valence-electron chi connectivity index (χ4n) is 3.26. The molecule has 3 aromatic carbocycles. The van der Waals surface area contributed by atoms with E-state index < -0.39 is 9.84 Å². The van der Waals surface area contributed by atoms with Crippen LogP contribution in [0.3, 0.4) is 0 Å². The Balaban J connectivity index is 1.78. The van der Waals surface area contributed by atoms with Gasteiger partial charge in [0, 0.05) is 11.8 Å². The average Bonchev–Trinajstić information content (AvgIpc) is 2.72. The minimum atomic E-state index is -3.26. The van der Waals surface area contributed by atoms with Crippen molar-refractivity contribution in [3.63, 3.8) is 0 Å². The number of para-hydroxylation sites is 1. The minimum Gasteiger partial charge on any atom is -0.249 e. The third-order valence-corrected chi connectivity index (χ3v) is 5.85. The number of fused-ring (bicyclic) bond motifs is 1. The smallest absolute Gasteiger partial charge is 0.175 e. The van der Waals surface area contributed by atoms with Crippen LogP contribution in [0.1, 0.15) is 11.3 Å². The number of rotatable bonds is 3. The topological polar surface area (TPSA) is 83.7 Å². The normalized spacial score (nSPS) is 11.3. The van der Waals surface area contributed by atoms with Gasteiger partial charge in [-0.05, 0) is 42.3 Å². The summed E-state index contributed by atoms with van der Waals surface area (Å²) in [7, 11) is -3.26. The van der Waals surface area contributed by atoms with Crippen LogP contribution >= 0.6 is 0 Å². The van der Waals surface area contributed by atoms with Gasteiger partial charge in [0.15, 0.2) is 9.84 Å². The van der Waals surface area contributed by atoms with E-state index in [9.17, 15) is 13.7 Å². The number of benzene rings is 3. The third kappa shape index (κ3) is 3.60. The Hall–Kier alpha value is -3.56. The second kappa shape index (κ2) is 7.12. The summed E-state index contributed by atoms with van der Waals surface area (Å²) >= 11 is 0. The van der Waals surface area contributed by atoms with Gasteiger partial charge in [0.05, 0.1) is 27.4 Å². The van der Waals surface area contributed by atoms with E-state index in [1.807, 2.05) is 43.3 Å². The molecule has 0 unspecified atom stereocenters. The fraction of sp³-hybridized carbons (Fsp3) is 0.0870.